The van der Waals surface area contributed by atoms with Gasteiger partial charge in [0.1, 0.15) is 0 Å². The van der Waals surface area contributed by atoms with Crippen LogP contribution in [-0.4, -0.2) is 16.5 Å². The fourth-order valence-electron chi connectivity index (χ4n) is 1.000. The topological polar surface area (TPSA) is 35.0 Å². The van der Waals surface area contributed by atoms with Crippen molar-refractivity contribution in [2.24, 2.45) is 0 Å². The molecule has 0 saturated carbocycles. The average Bonchev–Trinajstić information content (AvgIpc) is 2.67. The first-order valence-electron chi connectivity index (χ1n) is 3.81. The predicted molar refractivity (Wildman–Crippen MR) is 51.9 cm³/mol. The van der Waals surface area contributed by atoms with Crippen LogP contribution in [0.5, 0.6) is 5.88 Å². The van der Waals surface area contributed by atoms with E-state index in [1.807, 2.05) is 24.4 Å². The Bertz CT molecular complexity index is 386. The largest absolute Gasteiger partial charge is 0.480 e. The van der Waals surface area contributed by atoms with Gasteiger partial charge in [0.25, 0.3) is 0 Å². The third kappa shape index (κ3) is 1.67. The first-order valence-corrected chi connectivity index (χ1v) is 4.58. The van der Waals surface area contributed by atoms with Crippen molar-refractivity contribution >= 4 is 11.5 Å². The van der Waals surface area contributed by atoms with Gasteiger partial charge in [0.15, 0.2) is 0 Å². The van der Waals surface area contributed by atoms with Crippen molar-refractivity contribution in [3.05, 3.63) is 30.6 Å². The molecule has 0 radical (unpaired) electrons. The van der Waals surface area contributed by atoms with E-state index in [0.29, 0.717) is 5.88 Å². The Kier molecular flexibility index (Phi) is 2.23. The molecule has 4 heteroatoms. The third-order valence-electron chi connectivity index (χ3n) is 1.64. The third-order valence-corrected chi connectivity index (χ3v) is 2.47. The van der Waals surface area contributed by atoms with Crippen molar-refractivity contribution in [1.29, 1.82) is 0 Å². The average molecular weight is 192 g/mol. The van der Waals surface area contributed by atoms with Crippen molar-refractivity contribution in [3.8, 4) is 16.3 Å². The minimum absolute atomic E-state index is 0.656. The highest BCUT2D eigenvalue weighted by molar-refractivity contribution is 7.09. The van der Waals surface area contributed by atoms with Gasteiger partial charge in [-0.3, -0.25) is 4.98 Å². The van der Waals surface area contributed by atoms with Crippen LogP contribution < -0.4 is 4.74 Å². The molecule has 0 aromatic carbocycles. The van der Waals surface area contributed by atoms with Gasteiger partial charge in [0.05, 0.1) is 12.0 Å². The Balaban J connectivity index is 2.36. The molecule has 2 aromatic rings. The van der Waals surface area contributed by atoms with E-state index in [2.05, 4.69) is 9.36 Å². The normalized spacial score (nSPS) is 9.92. The maximum absolute atomic E-state index is 5.00. The number of hydrogen-bond donors (Lipinski definition) is 0. The SMILES string of the molecule is COc1cc(-c2cccnc2)sn1. The lowest BCUT2D eigenvalue weighted by atomic mass is 10.2. The van der Waals surface area contributed by atoms with Gasteiger partial charge in [0.2, 0.25) is 5.88 Å². The standard InChI is InChI=1S/C9H8N2OS/c1-12-9-5-8(13-11-9)7-3-2-4-10-6-7/h2-6H,1H3. The maximum Gasteiger partial charge on any atom is 0.225 e. The summed E-state index contributed by atoms with van der Waals surface area (Å²) in [4.78, 5) is 5.11. The minimum atomic E-state index is 0.656. The van der Waals surface area contributed by atoms with Gasteiger partial charge in [0, 0.05) is 24.0 Å². The predicted octanol–water partition coefficient (Wildman–Crippen LogP) is 2.21. The van der Waals surface area contributed by atoms with Gasteiger partial charge < -0.3 is 4.74 Å². The summed E-state index contributed by atoms with van der Waals surface area (Å²) >= 11 is 1.41. The lowest BCUT2D eigenvalue weighted by Gasteiger charge is -1.92. The van der Waals surface area contributed by atoms with Crippen molar-refractivity contribution in [2.45, 2.75) is 0 Å². The van der Waals surface area contributed by atoms with Gasteiger partial charge >= 0.3 is 0 Å². The second kappa shape index (κ2) is 3.53. The molecule has 0 aliphatic heterocycles. The van der Waals surface area contributed by atoms with Crippen LogP contribution in [0.15, 0.2) is 30.6 Å². The zero-order valence-corrected chi connectivity index (χ0v) is 7.91. The summed E-state index contributed by atoms with van der Waals surface area (Å²) in [5, 5.41) is 0. The molecular formula is C9H8N2OS. The lowest BCUT2D eigenvalue weighted by molar-refractivity contribution is 0.403. The van der Waals surface area contributed by atoms with Crippen LogP contribution in [-0.2, 0) is 0 Å². The molecule has 0 aliphatic rings. The second-order valence-electron chi connectivity index (χ2n) is 2.48. The number of aromatic nitrogens is 2. The van der Waals surface area contributed by atoms with E-state index in [4.69, 9.17) is 4.74 Å². The summed E-state index contributed by atoms with van der Waals surface area (Å²) in [5.41, 5.74) is 1.07. The van der Waals surface area contributed by atoms with E-state index >= 15 is 0 Å². The molecule has 0 spiro atoms. The molecule has 0 saturated heterocycles. The quantitative estimate of drug-likeness (QED) is 0.731. The Morgan fingerprint density at radius 2 is 2.38 bits per heavy atom. The Morgan fingerprint density at radius 3 is 3.00 bits per heavy atom. The fraction of sp³-hybridized carbons (Fsp3) is 0.111. The van der Waals surface area contributed by atoms with Crippen molar-refractivity contribution in [2.75, 3.05) is 7.11 Å². The molecule has 0 fully saturated rings. The highest BCUT2D eigenvalue weighted by Crippen LogP contribution is 2.26. The molecular weight excluding hydrogens is 184 g/mol. The van der Waals surface area contributed by atoms with Gasteiger partial charge in [-0.2, -0.15) is 4.37 Å². The van der Waals surface area contributed by atoms with E-state index in [1.165, 1.54) is 11.5 Å². The molecule has 0 N–H and O–H groups in total. The van der Waals surface area contributed by atoms with Gasteiger partial charge in [-0.15, -0.1) is 0 Å². The Hall–Kier alpha value is -1.42. The molecule has 0 aliphatic carbocycles. The van der Waals surface area contributed by atoms with Crippen LogP contribution in [0.3, 0.4) is 0 Å². The summed E-state index contributed by atoms with van der Waals surface area (Å²) in [6, 6.07) is 5.81. The zero-order chi connectivity index (χ0) is 9.10. The summed E-state index contributed by atoms with van der Waals surface area (Å²) in [7, 11) is 1.61. The van der Waals surface area contributed by atoms with Crippen molar-refractivity contribution in [3.63, 3.8) is 0 Å². The number of methoxy groups -OCH3 is 1. The highest BCUT2D eigenvalue weighted by Gasteiger charge is 2.03. The Morgan fingerprint density at radius 1 is 1.46 bits per heavy atom. The van der Waals surface area contributed by atoms with E-state index in [9.17, 15) is 0 Å². The van der Waals surface area contributed by atoms with Crippen LogP contribution >= 0.6 is 11.5 Å². The number of ether oxygens (including phenoxy) is 1. The molecule has 13 heavy (non-hydrogen) atoms. The molecule has 2 rings (SSSR count). The first kappa shape index (κ1) is 8.19. The number of pyridine rings is 1. The molecule has 2 aromatic heterocycles. The van der Waals surface area contributed by atoms with E-state index in [1.54, 1.807) is 13.3 Å². The molecule has 0 bridgehead atoms. The maximum atomic E-state index is 5.00. The summed E-state index contributed by atoms with van der Waals surface area (Å²) in [5.74, 6) is 0.656. The van der Waals surface area contributed by atoms with Gasteiger partial charge in [-0.05, 0) is 17.6 Å². The highest BCUT2D eigenvalue weighted by atomic mass is 32.1. The lowest BCUT2D eigenvalue weighted by Crippen LogP contribution is -1.78. The van der Waals surface area contributed by atoms with Crippen LogP contribution in [0.1, 0.15) is 0 Å². The molecule has 66 valence electrons. The minimum Gasteiger partial charge on any atom is -0.480 e. The van der Waals surface area contributed by atoms with Crippen LogP contribution in [0.25, 0.3) is 10.4 Å². The van der Waals surface area contributed by atoms with E-state index in [-0.39, 0.29) is 0 Å². The fourth-order valence-corrected chi connectivity index (χ4v) is 1.69. The van der Waals surface area contributed by atoms with Crippen LogP contribution in [0.4, 0.5) is 0 Å². The number of nitrogens with zero attached hydrogens (tertiary/aromatic N) is 2. The first-order chi connectivity index (χ1) is 6.40. The molecule has 0 unspecified atom stereocenters. The monoisotopic (exact) mass is 192 g/mol. The summed E-state index contributed by atoms with van der Waals surface area (Å²) < 4.78 is 9.10. The summed E-state index contributed by atoms with van der Waals surface area (Å²) in [6.45, 7) is 0. The smallest absolute Gasteiger partial charge is 0.225 e. The molecule has 2 heterocycles. The summed E-state index contributed by atoms with van der Waals surface area (Å²) in [6.07, 6.45) is 3.56. The second-order valence-corrected chi connectivity index (χ2v) is 3.28. The van der Waals surface area contributed by atoms with Gasteiger partial charge in [-0.1, -0.05) is 6.07 Å². The van der Waals surface area contributed by atoms with Gasteiger partial charge in [-0.25, -0.2) is 0 Å². The number of rotatable bonds is 2. The van der Waals surface area contributed by atoms with E-state index < -0.39 is 0 Å². The van der Waals surface area contributed by atoms with E-state index in [0.717, 1.165) is 10.4 Å². The Labute approximate surface area is 80.2 Å². The molecule has 0 atom stereocenters. The van der Waals surface area contributed by atoms with Crippen molar-refractivity contribution in [1.82, 2.24) is 9.36 Å². The van der Waals surface area contributed by atoms with Crippen LogP contribution in [0, 0.1) is 0 Å². The van der Waals surface area contributed by atoms with Crippen molar-refractivity contribution < 1.29 is 4.74 Å². The van der Waals surface area contributed by atoms with Crippen LogP contribution in [0.2, 0.25) is 0 Å². The molecule has 0 amide bonds. The molecule has 3 nitrogen and oxygen atoms in total. The number of hydrogen-bond acceptors (Lipinski definition) is 4. The zero-order valence-electron chi connectivity index (χ0n) is 7.10.